The molecule has 0 radical (unpaired) electrons. The number of piperidine rings is 1. The van der Waals surface area contributed by atoms with Gasteiger partial charge in [-0.3, -0.25) is 4.79 Å². The van der Waals surface area contributed by atoms with Crippen LogP contribution in [0.1, 0.15) is 28.8 Å². The molecular formula is C24H32N2O2S. The molecule has 0 spiro atoms. The number of likely N-dealkylation sites (tertiary alicyclic amines) is 1. The number of rotatable bonds is 8. The molecule has 0 N–H and O–H groups in total. The molecule has 1 heterocycles. The molecule has 5 heteroatoms. The van der Waals surface area contributed by atoms with Crippen molar-refractivity contribution in [3.05, 3.63) is 59.7 Å². The van der Waals surface area contributed by atoms with Gasteiger partial charge in [0.05, 0.1) is 12.7 Å². The maximum atomic E-state index is 13.5. The third kappa shape index (κ3) is 6.00. The first-order valence-electron chi connectivity index (χ1n) is 10.3. The minimum Gasteiger partial charge on any atom is -0.497 e. The van der Waals surface area contributed by atoms with Gasteiger partial charge in [0.25, 0.3) is 5.91 Å². The van der Waals surface area contributed by atoms with E-state index in [1.165, 1.54) is 5.56 Å². The number of ether oxygens (including phenoxy) is 1. The highest BCUT2D eigenvalue weighted by Gasteiger charge is 2.24. The predicted octanol–water partition coefficient (Wildman–Crippen LogP) is 4.44. The number of hydrogen-bond acceptors (Lipinski definition) is 4. The summed E-state index contributed by atoms with van der Waals surface area (Å²) >= 11 is 1.64. The lowest BCUT2D eigenvalue weighted by Gasteiger charge is -2.33. The van der Waals surface area contributed by atoms with Crippen LogP contribution in [0.4, 0.5) is 0 Å². The molecule has 156 valence electrons. The molecule has 1 saturated heterocycles. The summed E-state index contributed by atoms with van der Waals surface area (Å²) < 4.78 is 5.25. The van der Waals surface area contributed by atoms with Gasteiger partial charge in [0.15, 0.2) is 0 Å². The number of carbonyl (C=O) groups excluding carboxylic acids is 1. The lowest BCUT2D eigenvalue weighted by Crippen LogP contribution is -2.41. The number of benzene rings is 2. The fourth-order valence-corrected chi connectivity index (χ4v) is 4.47. The molecule has 0 aliphatic carbocycles. The molecule has 0 unspecified atom stereocenters. The van der Waals surface area contributed by atoms with Crippen LogP contribution in [0.3, 0.4) is 0 Å². The Morgan fingerprint density at radius 3 is 2.48 bits per heavy atom. The zero-order chi connectivity index (χ0) is 20.6. The monoisotopic (exact) mass is 412 g/mol. The lowest BCUT2D eigenvalue weighted by atomic mass is 9.96. The van der Waals surface area contributed by atoms with Gasteiger partial charge in [0.1, 0.15) is 5.75 Å². The van der Waals surface area contributed by atoms with Crippen LogP contribution in [-0.2, 0) is 6.42 Å². The molecule has 2 aromatic rings. The molecule has 3 rings (SSSR count). The molecule has 0 aromatic heterocycles. The van der Waals surface area contributed by atoms with Crippen LogP contribution in [0.5, 0.6) is 5.75 Å². The Labute approximate surface area is 179 Å². The second-order valence-electron chi connectivity index (χ2n) is 7.80. The Balaban J connectivity index is 1.73. The van der Waals surface area contributed by atoms with Crippen molar-refractivity contribution in [3.8, 4) is 5.75 Å². The Morgan fingerprint density at radius 2 is 1.83 bits per heavy atom. The Bertz CT molecular complexity index is 786. The number of methoxy groups -OCH3 is 1. The molecule has 4 nitrogen and oxygen atoms in total. The fourth-order valence-electron chi connectivity index (χ4n) is 3.88. The quantitative estimate of drug-likeness (QED) is 0.600. The van der Waals surface area contributed by atoms with Crippen molar-refractivity contribution in [2.24, 2.45) is 5.92 Å². The van der Waals surface area contributed by atoms with E-state index in [1.54, 1.807) is 18.9 Å². The van der Waals surface area contributed by atoms with Crippen molar-refractivity contribution in [2.45, 2.75) is 24.2 Å². The molecule has 2 aromatic carbocycles. The molecule has 29 heavy (non-hydrogen) atoms. The summed E-state index contributed by atoms with van der Waals surface area (Å²) in [6, 6.07) is 16.1. The van der Waals surface area contributed by atoms with Gasteiger partial charge in [0, 0.05) is 18.0 Å². The summed E-state index contributed by atoms with van der Waals surface area (Å²) in [7, 11) is 3.86. The van der Waals surface area contributed by atoms with Crippen LogP contribution in [0, 0.1) is 5.92 Å². The van der Waals surface area contributed by atoms with Gasteiger partial charge in [-0.15, -0.1) is 11.8 Å². The first-order valence-corrected chi connectivity index (χ1v) is 11.6. The van der Waals surface area contributed by atoms with Crippen molar-refractivity contribution in [1.82, 2.24) is 9.80 Å². The topological polar surface area (TPSA) is 32.8 Å². The van der Waals surface area contributed by atoms with Crippen molar-refractivity contribution in [2.75, 3.05) is 46.6 Å². The van der Waals surface area contributed by atoms with Gasteiger partial charge in [-0.1, -0.05) is 24.3 Å². The minimum atomic E-state index is 0.155. The number of amides is 1. The molecule has 0 saturated carbocycles. The molecule has 1 aliphatic rings. The van der Waals surface area contributed by atoms with Gasteiger partial charge < -0.3 is 14.5 Å². The van der Waals surface area contributed by atoms with E-state index in [1.807, 2.05) is 42.7 Å². The second-order valence-corrected chi connectivity index (χ2v) is 8.64. The predicted molar refractivity (Wildman–Crippen MR) is 121 cm³/mol. The van der Waals surface area contributed by atoms with Crippen LogP contribution < -0.4 is 4.74 Å². The summed E-state index contributed by atoms with van der Waals surface area (Å²) in [5, 5.41) is 0. The van der Waals surface area contributed by atoms with Gasteiger partial charge in [-0.05, 0) is 81.4 Å². The summed E-state index contributed by atoms with van der Waals surface area (Å²) in [6.45, 7) is 3.81. The van der Waals surface area contributed by atoms with E-state index in [9.17, 15) is 4.79 Å². The first kappa shape index (κ1) is 21.7. The summed E-state index contributed by atoms with van der Waals surface area (Å²) in [5.74, 6) is 1.59. The lowest BCUT2D eigenvalue weighted by molar-refractivity contribution is 0.0697. The minimum absolute atomic E-state index is 0.155. The highest BCUT2D eigenvalue weighted by Crippen LogP contribution is 2.24. The fraction of sp³-hybridized carbons (Fsp3) is 0.458. The van der Waals surface area contributed by atoms with E-state index >= 15 is 0 Å². The molecule has 1 amide bonds. The molecule has 1 aliphatic heterocycles. The third-order valence-electron chi connectivity index (χ3n) is 5.77. The largest absolute Gasteiger partial charge is 0.497 e. The van der Waals surface area contributed by atoms with Gasteiger partial charge in [-0.25, -0.2) is 0 Å². The van der Waals surface area contributed by atoms with Crippen molar-refractivity contribution in [3.63, 3.8) is 0 Å². The highest BCUT2D eigenvalue weighted by molar-refractivity contribution is 7.98. The van der Waals surface area contributed by atoms with Crippen LogP contribution in [0.2, 0.25) is 0 Å². The van der Waals surface area contributed by atoms with Gasteiger partial charge >= 0.3 is 0 Å². The number of thioether (sulfide) groups is 1. The molecule has 0 bridgehead atoms. The first-order chi connectivity index (χ1) is 14.1. The van der Waals surface area contributed by atoms with E-state index in [2.05, 4.69) is 29.0 Å². The molecular weight excluding hydrogens is 380 g/mol. The SMILES string of the molecule is COc1ccc(CCN(CC2CCN(C)CC2)C(=O)c2ccccc2SC)cc1. The zero-order valence-electron chi connectivity index (χ0n) is 17.8. The van der Waals surface area contributed by atoms with E-state index in [4.69, 9.17) is 4.74 Å². The summed E-state index contributed by atoms with van der Waals surface area (Å²) in [5.41, 5.74) is 2.05. The van der Waals surface area contributed by atoms with Gasteiger partial charge in [0.2, 0.25) is 0 Å². The Morgan fingerprint density at radius 1 is 1.14 bits per heavy atom. The average Bonchev–Trinajstić information content (AvgIpc) is 2.77. The van der Waals surface area contributed by atoms with E-state index < -0.39 is 0 Å². The molecule has 0 atom stereocenters. The number of nitrogens with zero attached hydrogens (tertiary/aromatic N) is 2. The van der Waals surface area contributed by atoms with Crippen molar-refractivity contribution < 1.29 is 9.53 Å². The highest BCUT2D eigenvalue weighted by atomic mass is 32.2. The normalized spacial score (nSPS) is 15.3. The number of carbonyl (C=O) groups is 1. The Hall–Kier alpha value is -1.98. The number of hydrogen-bond donors (Lipinski definition) is 0. The third-order valence-corrected chi connectivity index (χ3v) is 6.57. The van der Waals surface area contributed by atoms with Crippen LogP contribution >= 0.6 is 11.8 Å². The standard InChI is InChI=1S/C24H32N2O2S/c1-25-15-12-20(13-16-25)18-26(17-14-19-8-10-21(28-2)11-9-19)24(27)22-6-4-5-7-23(22)29-3/h4-11,20H,12-18H2,1-3H3. The summed E-state index contributed by atoms with van der Waals surface area (Å²) in [6.07, 6.45) is 5.20. The smallest absolute Gasteiger partial charge is 0.255 e. The van der Waals surface area contributed by atoms with Crippen LogP contribution in [-0.4, -0.2) is 62.3 Å². The van der Waals surface area contributed by atoms with Crippen LogP contribution in [0.15, 0.2) is 53.4 Å². The zero-order valence-corrected chi connectivity index (χ0v) is 18.6. The van der Waals surface area contributed by atoms with E-state index in [0.717, 1.165) is 61.6 Å². The molecule has 1 fully saturated rings. The van der Waals surface area contributed by atoms with E-state index in [-0.39, 0.29) is 5.91 Å². The van der Waals surface area contributed by atoms with Crippen molar-refractivity contribution >= 4 is 17.7 Å². The van der Waals surface area contributed by atoms with Crippen molar-refractivity contribution in [1.29, 1.82) is 0 Å². The van der Waals surface area contributed by atoms with E-state index in [0.29, 0.717) is 5.92 Å². The van der Waals surface area contributed by atoms with Gasteiger partial charge in [-0.2, -0.15) is 0 Å². The summed E-state index contributed by atoms with van der Waals surface area (Å²) in [4.78, 5) is 19.0. The average molecular weight is 413 g/mol. The van der Waals surface area contributed by atoms with Crippen LogP contribution in [0.25, 0.3) is 0 Å². The second kappa shape index (κ2) is 10.7. The maximum absolute atomic E-state index is 13.5. The maximum Gasteiger partial charge on any atom is 0.255 e. The Kier molecular flexibility index (Phi) is 8.01.